The smallest absolute Gasteiger partial charge is 0.307 e. The van der Waals surface area contributed by atoms with Crippen molar-refractivity contribution in [2.45, 2.75) is 6.42 Å². The second kappa shape index (κ2) is 5.15. The molecule has 1 aromatic rings. The predicted octanol–water partition coefficient (Wildman–Crippen LogP) is 2.30. The lowest BCUT2D eigenvalue weighted by Crippen LogP contribution is -2.48. The Kier molecular flexibility index (Phi) is 3.19. The molecule has 6 atom stereocenters. The molecule has 2 fully saturated rings. The highest BCUT2D eigenvalue weighted by Gasteiger charge is 2.62. The zero-order valence-electron chi connectivity index (χ0n) is 12.7. The van der Waals surface area contributed by atoms with Gasteiger partial charge in [-0.1, -0.05) is 18.2 Å². The molecule has 0 spiro atoms. The molecule has 1 aromatic carbocycles. The van der Waals surface area contributed by atoms with Gasteiger partial charge in [0.25, 0.3) is 5.69 Å². The topological polar surface area (TPSA) is 110 Å². The van der Waals surface area contributed by atoms with E-state index in [1.54, 1.807) is 6.07 Å². The van der Waals surface area contributed by atoms with Crippen molar-refractivity contribution < 1.29 is 19.6 Å². The SMILES string of the molecule is O=C(O)[C@H]1[C@H]2C=C[C@@H]([C@@H]3C[C@H]23)[C@@H]1C(=O)Nc1cccc([N+](=O)[O-])c1. The maximum absolute atomic E-state index is 12.7. The van der Waals surface area contributed by atoms with E-state index in [9.17, 15) is 24.8 Å². The molecule has 4 aliphatic rings. The number of nitro benzene ring substituents is 1. The number of rotatable bonds is 4. The molecule has 0 aliphatic heterocycles. The molecule has 2 saturated carbocycles. The number of hydrogen-bond donors (Lipinski definition) is 2. The molecular weight excluding hydrogens is 312 g/mol. The Bertz CT molecular complexity index is 774. The fraction of sp³-hybridized carbons (Fsp3) is 0.412. The summed E-state index contributed by atoms with van der Waals surface area (Å²) in [7, 11) is 0. The molecule has 0 radical (unpaired) electrons. The number of carbonyl (C=O) groups is 2. The number of amides is 1. The van der Waals surface area contributed by atoms with E-state index in [1.807, 2.05) is 12.2 Å². The van der Waals surface area contributed by atoms with E-state index in [2.05, 4.69) is 5.32 Å². The second-order valence-electron chi connectivity index (χ2n) is 6.79. The number of nitrogens with zero attached hydrogens (tertiary/aromatic N) is 1. The van der Waals surface area contributed by atoms with Crippen molar-refractivity contribution in [3.63, 3.8) is 0 Å². The van der Waals surface area contributed by atoms with Crippen LogP contribution in [0.1, 0.15) is 6.42 Å². The van der Waals surface area contributed by atoms with Crippen molar-refractivity contribution in [3.05, 3.63) is 46.5 Å². The van der Waals surface area contributed by atoms with Gasteiger partial charge in [0.15, 0.2) is 0 Å². The van der Waals surface area contributed by atoms with Crippen LogP contribution in [-0.4, -0.2) is 21.9 Å². The van der Waals surface area contributed by atoms with Gasteiger partial charge >= 0.3 is 5.97 Å². The molecule has 0 saturated heterocycles. The molecule has 4 aliphatic carbocycles. The molecule has 0 unspecified atom stereocenters. The van der Waals surface area contributed by atoms with Crippen LogP contribution in [0.3, 0.4) is 0 Å². The van der Waals surface area contributed by atoms with Gasteiger partial charge in [-0.05, 0) is 36.2 Å². The number of benzene rings is 1. The third kappa shape index (κ3) is 2.19. The van der Waals surface area contributed by atoms with Gasteiger partial charge < -0.3 is 10.4 Å². The Hall–Kier alpha value is -2.70. The average molecular weight is 328 g/mol. The molecule has 0 heterocycles. The number of nitrogens with one attached hydrogen (secondary N) is 1. The van der Waals surface area contributed by atoms with Crippen molar-refractivity contribution in [1.82, 2.24) is 0 Å². The summed E-state index contributed by atoms with van der Waals surface area (Å²) in [5.74, 6) is -2.01. The first-order chi connectivity index (χ1) is 11.5. The number of fused-ring (bicyclic) bond motifs is 1. The minimum atomic E-state index is -0.945. The van der Waals surface area contributed by atoms with E-state index in [4.69, 9.17) is 0 Å². The third-order valence-corrected chi connectivity index (χ3v) is 5.56. The van der Waals surface area contributed by atoms with Crippen LogP contribution in [-0.2, 0) is 9.59 Å². The summed E-state index contributed by atoms with van der Waals surface area (Å²) >= 11 is 0. The first kappa shape index (κ1) is 14.9. The van der Waals surface area contributed by atoms with E-state index >= 15 is 0 Å². The van der Waals surface area contributed by atoms with Gasteiger partial charge in [-0.2, -0.15) is 0 Å². The number of hydrogen-bond acceptors (Lipinski definition) is 4. The van der Waals surface area contributed by atoms with Crippen LogP contribution >= 0.6 is 0 Å². The number of carboxylic acids is 1. The molecule has 7 heteroatoms. The molecule has 124 valence electrons. The van der Waals surface area contributed by atoms with Gasteiger partial charge in [-0.25, -0.2) is 0 Å². The van der Waals surface area contributed by atoms with Crippen LogP contribution in [0, 0.1) is 45.6 Å². The summed E-state index contributed by atoms with van der Waals surface area (Å²) in [6.07, 6.45) is 4.91. The Balaban J connectivity index is 1.59. The number of nitro groups is 1. The zero-order chi connectivity index (χ0) is 17.0. The van der Waals surface area contributed by atoms with E-state index < -0.39 is 22.7 Å². The molecule has 2 bridgehead atoms. The molecule has 24 heavy (non-hydrogen) atoms. The summed E-state index contributed by atoms with van der Waals surface area (Å²) in [4.78, 5) is 34.8. The Labute approximate surface area is 137 Å². The summed E-state index contributed by atoms with van der Waals surface area (Å²) in [6, 6.07) is 5.68. The highest BCUT2D eigenvalue weighted by Crippen LogP contribution is 2.63. The Morgan fingerprint density at radius 3 is 2.46 bits per heavy atom. The zero-order valence-corrected chi connectivity index (χ0v) is 12.7. The Morgan fingerprint density at radius 2 is 1.83 bits per heavy atom. The number of anilines is 1. The van der Waals surface area contributed by atoms with Crippen LogP contribution in [0.4, 0.5) is 11.4 Å². The van der Waals surface area contributed by atoms with Crippen molar-refractivity contribution in [2.75, 3.05) is 5.32 Å². The van der Waals surface area contributed by atoms with Crippen molar-refractivity contribution in [2.24, 2.45) is 35.5 Å². The number of carboxylic acid groups (broad SMARTS) is 1. The number of non-ortho nitro benzene ring substituents is 1. The molecule has 1 amide bonds. The highest BCUT2D eigenvalue weighted by molar-refractivity contribution is 5.96. The average Bonchev–Trinajstić information content (AvgIpc) is 3.36. The van der Waals surface area contributed by atoms with Crippen LogP contribution in [0.5, 0.6) is 0 Å². The number of aliphatic carboxylic acids is 1. The van der Waals surface area contributed by atoms with Gasteiger partial charge in [0.05, 0.1) is 16.8 Å². The fourth-order valence-electron chi connectivity index (χ4n) is 4.49. The highest BCUT2D eigenvalue weighted by atomic mass is 16.6. The van der Waals surface area contributed by atoms with Gasteiger partial charge in [0.1, 0.15) is 0 Å². The summed E-state index contributed by atoms with van der Waals surface area (Å²) in [5.41, 5.74) is 0.200. The first-order valence-electron chi connectivity index (χ1n) is 7.94. The van der Waals surface area contributed by atoms with E-state index in [0.29, 0.717) is 17.5 Å². The molecule has 2 N–H and O–H groups in total. The summed E-state index contributed by atoms with van der Waals surface area (Å²) < 4.78 is 0. The monoisotopic (exact) mass is 328 g/mol. The van der Waals surface area contributed by atoms with Gasteiger partial charge in [0, 0.05) is 17.8 Å². The van der Waals surface area contributed by atoms with Crippen molar-refractivity contribution in [3.8, 4) is 0 Å². The van der Waals surface area contributed by atoms with Crippen molar-refractivity contribution in [1.29, 1.82) is 0 Å². The molecule has 0 aromatic heterocycles. The largest absolute Gasteiger partial charge is 0.481 e. The summed E-state index contributed by atoms with van der Waals surface area (Å²) in [6.45, 7) is 0. The molecular formula is C17H16N2O5. The number of carbonyl (C=O) groups excluding carboxylic acids is 1. The number of allylic oxidation sites excluding steroid dienone is 2. The minimum absolute atomic E-state index is 0.0557. The molecule has 7 nitrogen and oxygen atoms in total. The lowest BCUT2D eigenvalue weighted by Gasteiger charge is -2.41. The minimum Gasteiger partial charge on any atom is -0.481 e. The second-order valence-corrected chi connectivity index (χ2v) is 6.79. The van der Waals surface area contributed by atoms with Crippen LogP contribution in [0.15, 0.2) is 36.4 Å². The fourth-order valence-corrected chi connectivity index (χ4v) is 4.49. The van der Waals surface area contributed by atoms with Gasteiger partial charge in [-0.3, -0.25) is 19.7 Å². The standard InChI is InChI=1S/C17H16N2O5/c20-16(18-8-2-1-3-9(6-8)19(23)24)14-10-4-5-11(13-7-12(10)13)15(14)17(21)22/h1-6,10-15H,7H2,(H,18,20)(H,21,22)/t10-,11-,12-,13+,14-,15-/m0/s1. The van der Waals surface area contributed by atoms with Crippen LogP contribution < -0.4 is 5.32 Å². The van der Waals surface area contributed by atoms with E-state index in [-0.39, 0.29) is 23.4 Å². The summed E-state index contributed by atoms with van der Waals surface area (Å²) in [5, 5.41) is 23.1. The van der Waals surface area contributed by atoms with Gasteiger partial charge in [-0.15, -0.1) is 0 Å². The maximum Gasteiger partial charge on any atom is 0.307 e. The maximum atomic E-state index is 12.7. The third-order valence-electron chi connectivity index (χ3n) is 5.56. The lowest BCUT2D eigenvalue weighted by atomic mass is 9.62. The van der Waals surface area contributed by atoms with Gasteiger partial charge in [0.2, 0.25) is 5.91 Å². The quantitative estimate of drug-likeness (QED) is 0.501. The predicted molar refractivity (Wildman–Crippen MR) is 84.1 cm³/mol. The Morgan fingerprint density at radius 1 is 1.17 bits per heavy atom. The van der Waals surface area contributed by atoms with Crippen molar-refractivity contribution >= 4 is 23.3 Å². The molecule has 5 rings (SSSR count). The van der Waals surface area contributed by atoms with E-state index in [1.165, 1.54) is 18.2 Å². The lowest BCUT2D eigenvalue weighted by molar-refractivity contribution is -0.384. The van der Waals surface area contributed by atoms with E-state index in [0.717, 1.165) is 6.42 Å². The van der Waals surface area contributed by atoms with Crippen LogP contribution in [0.25, 0.3) is 0 Å². The van der Waals surface area contributed by atoms with Crippen LogP contribution in [0.2, 0.25) is 0 Å². The normalized spacial score (nSPS) is 35.2. The first-order valence-corrected chi connectivity index (χ1v) is 7.94.